The minimum absolute atomic E-state index is 0.0453. The summed E-state index contributed by atoms with van der Waals surface area (Å²) in [5.41, 5.74) is 0.470. The largest absolute Gasteiger partial charge is 0.375 e. The zero-order chi connectivity index (χ0) is 13.8. The van der Waals surface area contributed by atoms with Crippen LogP contribution in [-0.4, -0.2) is 36.7 Å². The van der Waals surface area contributed by atoms with E-state index in [4.69, 9.17) is 4.74 Å². The molecule has 1 aromatic carbocycles. The average Bonchev–Trinajstić information content (AvgIpc) is 2.37. The molecule has 1 atom stereocenters. The zero-order valence-electron chi connectivity index (χ0n) is 10.7. The third-order valence-electron chi connectivity index (χ3n) is 2.97. The van der Waals surface area contributed by atoms with Crippen molar-refractivity contribution in [1.29, 1.82) is 0 Å². The van der Waals surface area contributed by atoms with Gasteiger partial charge in [0.15, 0.2) is 0 Å². The van der Waals surface area contributed by atoms with Crippen molar-refractivity contribution >= 4 is 22.0 Å². The summed E-state index contributed by atoms with van der Waals surface area (Å²) >= 11 is 3.20. The van der Waals surface area contributed by atoms with Gasteiger partial charge in [-0.1, -0.05) is 22.0 Å². The van der Waals surface area contributed by atoms with E-state index in [0.29, 0.717) is 29.7 Å². The SMILES string of the molecule is C[C@@H]1CN(C(=O)NCc2ccc(Br)cc2F)CCO1. The molecule has 0 radical (unpaired) electrons. The maximum atomic E-state index is 13.6. The molecule has 104 valence electrons. The Hall–Kier alpha value is -1.14. The van der Waals surface area contributed by atoms with E-state index in [1.165, 1.54) is 6.07 Å². The van der Waals surface area contributed by atoms with Gasteiger partial charge in [0.25, 0.3) is 0 Å². The summed E-state index contributed by atoms with van der Waals surface area (Å²) < 4.78 is 19.6. The van der Waals surface area contributed by atoms with Crippen LogP contribution < -0.4 is 5.32 Å². The quantitative estimate of drug-likeness (QED) is 0.905. The second kappa shape index (κ2) is 6.34. The summed E-state index contributed by atoms with van der Waals surface area (Å²) in [6.07, 6.45) is 0.0453. The van der Waals surface area contributed by atoms with Gasteiger partial charge < -0.3 is 15.0 Å². The smallest absolute Gasteiger partial charge is 0.317 e. The fraction of sp³-hybridized carbons (Fsp3) is 0.462. The predicted molar refractivity (Wildman–Crippen MR) is 73.3 cm³/mol. The van der Waals surface area contributed by atoms with Gasteiger partial charge in [-0.15, -0.1) is 0 Å². The molecule has 0 spiro atoms. The number of rotatable bonds is 2. The van der Waals surface area contributed by atoms with Crippen molar-refractivity contribution in [2.45, 2.75) is 19.6 Å². The van der Waals surface area contributed by atoms with Gasteiger partial charge in [-0.3, -0.25) is 0 Å². The van der Waals surface area contributed by atoms with Crippen LogP contribution in [0.25, 0.3) is 0 Å². The second-order valence-electron chi connectivity index (χ2n) is 4.52. The maximum absolute atomic E-state index is 13.6. The van der Waals surface area contributed by atoms with Crippen LogP contribution in [0.1, 0.15) is 12.5 Å². The Bertz CT molecular complexity index is 470. The summed E-state index contributed by atoms with van der Waals surface area (Å²) in [5, 5.41) is 2.73. The van der Waals surface area contributed by atoms with Crippen molar-refractivity contribution in [3.63, 3.8) is 0 Å². The molecule has 1 heterocycles. The number of amides is 2. The molecule has 2 amide bonds. The Labute approximate surface area is 120 Å². The lowest BCUT2D eigenvalue weighted by molar-refractivity contribution is -0.00352. The van der Waals surface area contributed by atoms with Crippen molar-refractivity contribution in [2.75, 3.05) is 19.7 Å². The summed E-state index contributed by atoms with van der Waals surface area (Å²) in [6.45, 7) is 3.78. The van der Waals surface area contributed by atoms with Gasteiger partial charge in [-0.25, -0.2) is 9.18 Å². The van der Waals surface area contributed by atoms with Crippen LogP contribution in [0, 0.1) is 5.82 Å². The Morgan fingerprint density at radius 1 is 1.63 bits per heavy atom. The molecule has 0 unspecified atom stereocenters. The van der Waals surface area contributed by atoms with Gasteiger partial charge in [0.1, 0.15) is 5.82 Å². The number of benzene rings is 1. The van der Waals surface area contributed by atoms with E-state index in [1.54, 1.807) is 17.0 Å². The fourth-order valence-corrected chi connectivity index (χ4v) is 2.28. The van der Waals surface area contributed by atoms with E-state index < -0.39 is 0 Å². The van der Waals surface area contributed by atoms with Crippen LogP contribution >= 0.6 is 15.9 Å². The number of urea groups is 1. The molecule has 1 aliphatic heterocycles. The molecular weight excluding hydrogens is 315 g/mol. The lowest BCUT2D eigenvalue weighted by Gasteiger charge is -2.31. The molecule has 0 aliphatic carbocycles. The third kappa shape index (κ3) is 3.91. The first-order valence-corrected chi connectivity index (χ1v) is 6.94. The molecule has 0 aromatic heterocycles. The molecular formula is C13H16BrFN2O2. The molecule has 0 saturated carbocycles. The summed E-state index contributed by atoms with van der Waals surface area (Å²) in [5.74, 6) is -0.329. The molecule has 2 rings (SSSR count). The van der Waals surface area contributed by atoms with Crippen LogP contribution in [0.2, 0.25) is 0 Å². The predicted octanol–water partition coefficient (Wildman–Crippen LogP) is 2.52. The van der Waals surface area contributed by atoms with Crippen LogP contribution in [0.15, 0.2) is 22.7 Å². The number of hydrogen-bond acceptors (Lipinski definition) is 2. The van der Waals surface area contributed by atoms with E-state index in [-0.39, 0.29) is 24.5 Å². The van der Waals surface area contributed by atoms with Gasteiger partial charge in [-0.05, 0) is 19.1 Å². The molecule has 1 saturated heterocycles. The van der Waals surface area contributed by atoms with Crippen molar-refractivity contribution in [3.05, 3.63) is 34.1 Å². The summed E-state index contributed by atoms with van der Waals surface area (Å²) in [4.78, 5) is 13.6. The third-order valence-corrected chi connectivity index (χ3v) is 3.47. The lowest BCUT2D eigenvalue weighted by Crippen LogP contribution is -2.48. The molecule has 1 N–H and O–H groups in total. The molecule has 1 fully saturated rings. The van der Waals surface area contributed by atoms with Crippen LogP contribution in [0.3, 0.4) is 0 Å². The number of nitrogens with one attached hydrogen (secondary N) is 1. The van der Waals surface area contributed by atoms with Gasteiger partial charge in [0.2, 0.25) is 0 Å². The van der Waals surface area contributed by atoms with Crippen LogP contribution in [0.4, 0.5) is 9.18 Å². The van der Waals surface area contributed by atoms with Gasteiger partial charge in [0.05, 0.1) is 12.7 Å². The first-order chi connectivity index (χ1) is 9.06. The highest BCUT2D eigenvalue weighted by Gasteiger charge is 2.21. The lowest BCUT2D eigenvalue weighted by atomic mass is 10.2. The maximum Gasteiger partial charge on any atom is 0.317 e. The first-order valence-electron chi connectivity index (χ1n) is 6.14. The summed E-state index contributed by atoms with van der Waals surface area (Å²) in [7, 11) is 0. The first kappa shape index (κ1) is 14.3. The monoisotopic (exact) mass is 330 g/mol. The number of halogens is 2. The second-order valence-corrected chi connectivity index (χ2v) is 5.44. The Morgan fingerprint density at radius 2 is 2.42 bits per heavy atom. The van der Waals surface area contributed by atoms with Gasteiger partial charge in [0, 0.05) is 29.7 Å². The number of hydrogen-bond donors (Lipinski definition) is 1. The topological polar surface area (TPSA) is 41.6 Å². The zero-order valence-corrected chi connectivity index (χ0v) is 12.2. The average molecular weight is 331 g/mol. The van der Waals surface area contributed by atoms with Crippen molar-refractivity contribution < 1.29 is 13.9 Å². The normalized spacial score (nSPS) is 19.3. The number of carbonyl (C=O) groups excluding carboxylic acids is 1. The molecule has 6 heteroatoms. The summed E-state index contributed by atoms with van der Waals surface area (Å²) in [6, 6.07) is 4.61. The Balaban J connectivity index is 1.89. The standard InChI is InChI=1S/C13H16BrFN2O2/c1-9-8-17(4-5-19-9)13(18)16-7-10-2-3-11(14)6-12(10)15/h2-3,6,9H,4-5,7-8H2,1H3,(H,16,18)/t9-/m1/s1. The van der Waals surface area contributed by atoms with Crippen LogP contribution in [0.5, 0.6) is 0 Å². The van der Waals surface area contributed by atoms with Gasteiger partial charge in [-0.2, -0.15) is 0 Å². The number of ether oxygens (including phenoxy) is 1. The number of carbonyl (C=O) groups is 1. The molecule has 19 heavy (non-hydrogen) atoms. The van der Waals surface area contributed by atoms with E-state index in [0.717, 1.165) is 0 Å². The van der Waals surface area contributed by atoms with Crippen molar-refractivity contribution in [3.8, 4) is 0 Å². The Morgan fingerprint density at radius 3 is 3.11 bits per heavy atom. The van der Waals surface area contributed by atoms with E-state index in [9.17, 15) is 9.18 Å². The molecule has 1 aliphatic rings. The highest BCUT2D eigenvalue weighted by Crippen LogP contribution is 2.15. The van der Waals surface area contributed by atoms with Crippen molar-refractivity contribution in [2.24, 2.45) is 0 Å². The van der Waals surface area contributed by atoms with Crippen molar-refractivity contribution in [1.82, 2.24) is 10.2 Å². The molecule has 1 aromatic rings. The van der Waals surface area contributed by atoms with E-state index >= 15 is 0 Å². The molecule has 0 bridgehead atoms. The fourth-order valence-electron chi connectivity index (χ4n) is 1.95. The van der Waals surface area contributed by atoms with Crippen LogP contribution in [-0.2, 0) is 11.3 Å². The van der Waals surface area contributed by atoms with E-state index in [2.05, 4.69) is 21.2 Å². The Kier molecular flexibility index (Phi) is 4.76. The van der Waals surface area contributed by atoms with E-state index in [1.807, 2.05) is 6.92 Å². The highest BCUT2D eigenvalue weighted by atomic mass is 79.9. The number of nitrogens with zero attached hydrogens (tertiary/aromatic N) is 1. The highest BCUT2D eigenvalue weighted by molar-refractivity contribution is 9.10. The minimum Gasteiger partial charge on any atom is -0.375 e. The number of morpholine rings is 1. The minimum atomic E-state index is -0.329. The van der Waals surface area contributed by atoms with Gasteiger partial charge >= 0.3 is 6.03 Å². The molecule has 4 nitrogen and oxygen atoms in total.